The maximum atomic E-state index is 12.1. The highest BCUT2D eigenvalue weighted by molar-refractivity contribution is 8.00. The lowest BCUT2D eigenvalue weighted by atomic mass is 10.1. The molecular weight excluding hydrogens is 310 g/mol. The first-order chi connectivity index (χ1) is 9.32. The molecule has 0 radical (unpaired) electrons. The smallest absolute Gasteiger partial charge is 0.242 e. The molecule has 7 heteroatoms. The van der Waals surface area contributed by atoms with E-state index in [2.05, 4.69) is 19.2 Å². The highest BCUT2D eigenvalue weighted by Crippen LogP contribution is 2.24. The summed E-state index contributed by atoms with van der Waals surface area (Å²) in [7, 11) is 0. The summed E-state index contributed by atoms with van der Waals surface area (Å²) in [5, 5.41) is 3.13. The highest BCUT2D eigenvalue weighted by Gasteiger charge is 2.26. The van der Waals surface area contributed by atoms with Crippen molar-refractivity contribution in [1.29, 1.82) is 0 Å². The summed E-state index contributed by atoms with van der Waals surface area (Å²) in [5.74, 6) is 1.33. The number of hydrogen-bond donors (Lipinski definition) is 2. The van der Waals surface area contributed by atoms with Crippen molar-refractivity contribution in [3.05, 3.63) is 0 Å². The Labute approximate surface area is 138 Å². The van der Waals surface area contributed by atoms with Crippen LogP contribution in [0.3, 0.4) is 0 Å². The van der Waals surface area contributed by atoms with E-state index in [1.165, 1.54) is 0 Å². The molecule has 2 atom stereocenters. The van der Waals surface area contributed by atoms with Crippen LogP contribution >= 0.6 is 24.2 Å². The number of nitrogens with one attached hydrogen (secondary N) is 1. The number of nitrogens with two attached hydrogens (primary N) is 1. The Balaban J connectivity index is 0.00000400. The molecule has 1 fully saturated rings. The summed E-state index contributed by atoms with van der Waals surface area (Å²) in [6.07, 6.45) is 0. The Morgan fingerprint density at radius 1 is 1.33 bits per heavy atom. The lowest BCUT2D eigenvalue weighted by Crippen LogP contribution is -2.50. The van der Waals surface area contributed by atoms with Gasteiger partial charge in [0.1, 0.15) is 0 Å². The Morgan fingerprint density at radius 2 is 1.95 bits per heavy atom. The minimum Gasteiger partial charge on any atom is -0.346 e. The van der Waals surface area contributed by atoms with E-state index >= 15 is 0 Å². The van der Waals surface area contributed by atoms with E-state index < -0.39 is 6.04 Å². The average molecular weight is 338 g/mol. The first kappa shape index (κ1) is 20.5. The Kier molecular flexibility index (Phi) is 9.33. The molecule has 1 rings (SSSR count). The predicted molar refractivity (Wildman–Crippen MR) is 90.7 cm³/mol. The van der Waals surface area contributed by atoms with Gasteiger partial charge in [-0.15, -0.1) is 12.4 Å². The molecule has 124 valence electrons. The fraction of sp³-hybridized carbons (Fsp3) is 0.857. The zero-order chi connectivity index (χ0) is 15.3. The third-order valence-corrected chi connectivity index (χ3v) is 5.16. The van der Waals surface area contributed by atoms with Crippen LogP contribution in [0.2, 0.25) is 0 Å². The molecule has 0 aromatic rings. The first-order valence-electron chi connectivity index (χ1n) is 7.25. The second-order valence-corrected chi connectivity index (χ2v) is 7.33. The van der Waals surface area contributed by atoms with Gasteiger partial charge in [-0.3, -0.25) is 9.59 Å². The van der Waals surface area contributed by atoms with Gasteiger partial charge in [-0.1, -0.05) is 27.7 Å². The molecule has 2 amide bonds. The molecule has 3 N–H and O–H groups in total. The van der Waals surface area contributed by atoms with Crippen LogP contribution in [0.15, 0.2) is 0 Å². The summed E-state index contributed by atoms with van der Waals surface area (Å²) in [6.45, 7) is 9.72. The van der Waals surface area contributed by atoms with Crippen molar-refractivity contribution in [2.24, 2.45) is 17.6 Å². The van der Waals surface area contributed by atoms with E-state index in [1.807, 2.05) is 30.5 Å². The van der Waals surface area contributed by atoms with E-state index in [9.17, 15) is 9.59 Å². The van der Waals surface area contributed by atoms with Gasteiger partial charge in [-0.2, -0.15) is 11.8 Å². The van der Waals surface area contributed by atoms with Crippen molar-refractivity contribution in [1.82, 2.24) is 10.2 Å². The summed E-state index contributed by atoms with van der Waals surface area (Å²) < 4.78 is 0. The Hall–Kier alpha value is -0.460. The largest absolute Gasteiger partial charge is 0.346 e. The molecule has 1 aliphatic heterocycles. The number of hydrogen-bond acceptors (Lipinski definition) is 4. The van der Waals surface area contributed by atoms with Crippen LogP contribution in [0.4, 0.5) is 0 Å². The summed E-state index contributed by atoms with van der Waals surface area (Å²) in [5.41, 5.74) is 5.75. The topological polar surface area (TPSA) is 75.4 Å². The fourth-order valence-corrected chi connectivity index (χ4v) is 3.30. The van der Waals surface area contributed by atoms with Gasteiger partial charge in [0, 0.05) is 24.1 Å². The highest BCUT2D eigenvalue weighted by atomic mass is 35.5. The van der Waals surface area contributed by atoms with Gasteiger partial charge < -0.3 is 16.0 Å². The van der Waals surface area contributed by atoms with Gasteiger partial charge in [0.2, 0.25) is 11.8 Å². The van der Waals surface area contributed by atoms with Crippen molar-refractivity contribution in [2.75, 3.05) is 25.4 Å². The van der Waals surface area contributed by atoms with Gasteiger partial charge in [-0.05, 0) is 11.8 Å². The lowest BCUT2D eigenvalue weighted by molar-refractivity contribution is -0.133. The van der Waals surface area contributed by atoms with Gasteiger partial charge in [0.15, 0.2) is 0 Å². The Morgan fingerprint density at radius 3 is 2.48 bits per heavy atom. The molecule has 0 aliphatic carbocycles. The van der Waals surface area contributed by atoms with Crippen molar-refractivity contribution in [3.63, 3.8) is 0 Å². The molecular formula is C14H28ClN3O2S. The van der Waals surface area contributed by atoms with E-state index in [1.54, 1.807) is 0 Å². The molecule has 1 saturated heterocycles. The predicted octanol–water partition coefficient (Wildman–Crippen LogP) is 1.11. The van der Waals surface area contributed by atoms with E-state index in [0.717, 1.165) is 18.8 Å². The van der Waals surface area contributed by atoms with Crippen molar-refractivity contribution in [2.45, 2.75) is 39.0 Å². The minimum absolute atomic E-state index is 0. The third kappa shape index (κ3) is 6.45. The van der Waals surface area contributed by atoms with E-state index in [4.69, 9.17) is 5.73 Å². The number of rotatable bonds is 5. The maximum Gasteiger partial charge on any atom is 0.242 e. The average Bonchev–Trinajstić information content (AvgIpc) is 2.43. The zero-order valence-corrected chi connectivity index (χ0v) is 14.9. The number of nitrogens with zero attached hydrogens (tertiary/aromatic N) is 1. The fourth-order valence-electron chi connectivity index (χ4n) is 2.00. The van der Waals surface area contributed by atoms with Crippen LogP contribution in [-0.2, 0) is 9.59 Å². The second-order valence-electron chi connectivity index (χ2n) is 5.98. The molecule has 0 bridgehead atoms. The molecule has 1 heterocycles. The van der Waals surface area contributed by atoms with Crippen LogP contribution in [0.5, 0.6) is 0 Å². The molecule has 21 heavy (non-hydrogen) atoms. The van der Waals surface area contributed by atoms with Crippen LogP contribution < -0.4 is 11.1 Å². The summed E-state index contributed by atoms with van der Waals surface area (Å²) in [4.78, 5) is 25.7. The lowest BCUT2D eigenvalue weighted by Gasteiger charge is -2.34. The summed E-state index contributed by atoms with van der Waals surface area (Å²) in [6, 6.07) is -0.553. The van der Waals surface area contributed by atoms with Crippen molar-refractivity contribution >= 4 is 36.0 Å². The first-order valence-corrected chi connectivity index (χ1v) is 8.30. The van der Waals surface area contributed by atoms with Crippen molar-refractivity contribution < 1.29 is 9.59 Å². The number of thioether (sulfide) groups is 1. The van der Waals surface area contributed by atoms with Crippen LogP contribution in [0, 0.1) is 11.8 Å². The number of amides is 2. The quantitative estimate of drug-likeness (QED) is 0.788. The van der Waals surface area contributed by atoms with Crippen LogP contribution in [0.1, 0.15) is 27.7 Å². The number of carbonyl (C=O) groups excluding carboxylic acids is 2. The molecule has 0 saturated carbocycles. The third-order valence-electron chi connectivity index (χ3n) is 3.62. The minimum atomic E-state index is -0.553. The van der Waals surface area contributed by atoms with Gasteiger partial charge in [0.05, 0.1) is 12.6 Å². The number of carbonyl (C=O) groups is 2. The normalized spacial score (nSPS) is 20.1. The molecule has 0 aromatic carbocycles. The number of halogens is 1. The summed E-state index contributed by atoms with van der Waals surface area (Å²) >= 11 is 1.92. The van der Waals surface area contributed by atoms with Crippen LogP contribution in [-0.4, -0.2) is 53.4 Å². The van der Waals surface area contributed by atoms with Crippen LogP contribution in [0.25, 0.3) is 0 Å². The molecule has 5 nitrogen and oxygen atoms in total. The zero-order valence-electron chi connectivity index (χ0n) is 13.3. The molecule has 0 spiro atoms. The van der Waals surface area contributed by atoms with E-state index in [-0.39, 0.29) is 36.7 Å². The van der Waals surface area contributed by atoms with Gasteiger partial charge in [0.25, 0.3) is 0 Å². The standard InChI is InChI=1S/C14H27N3O2S.ClH/c1-9(2)11-8-17(5-6-20-11)12(18)7-16-14(19)13(15)10(3)4;/h9-11,13H,5-8,15H2,1-4H3,(H,16,19);1H/t11?,13-;/m0./s1. The maximum absolute atomic E-state index is 12.1. The molecule has 0 aromatic heterocycles. The van der Waals surface area contributed by atoms with E-state index in [0.29, 0.717) is 11.2 Å². The SMILES string of the molecule is CC(C)C1CN(C(=O)CNC(=O)[C@@H](N)C(C)C)CCS1.Cl. The second kappa shape index (κ2) is 9.54. The molecule has 1 unspecified atom stereocenters. The van der Waals surface area contributed by atoms with Gasteiger partial charge >= 0.3 is 0 Å². The van der Waals surface area contributed by atoms with Gasteiger partial charge in [-0.25, -0.2) is 0 Å². The Bertz CT molecular complexity index is 353. The molecule has 1 aliphatic rings. The monoisotopic (exact) mass is 337 g/mol. The van der Waals surface area contributed by atoms with Crippen molar-refractivity contribution in [3.8, 4) is 0 Å².